The summed E-state index contributed by atoms with van der Waals surface area (Å²) in [5.74, 6) is -0.367. The molecule has 0 spiro atoms. The number of aromatic nitrogens is 1. The zero-order chi connectivity index (χ0) is 18.0. The molecule has 0 aliphatic heterocycles. The standard InChI is InChI=1S/C18H15ClF2N2O2/c1-10-13(12-4-2-3-5-15(12)22-10)9-17(24)23-11-6-7-16(14(19)8-11)25-18(20)21/h2-8,18,22H,9H2,1H3,(H,23,24). The Morgan fingerprint density at radius 3 is 2.76 bits per heavy atom. The Labute approximate surface area is 147 Å². The summed E-state index contributed by atoms with van der Waals surface area (Å²) in [7, 11) is 0. The molecular formula is C18H15ClF2N2O2. The van der Waals surface area contributed by atoms with Crippen molar-refractivity contribution < 1.29 is 18.3 Å². The number of benzene rings is 2. The molecule has 0 saturated carbocycles. The number of aryl methyl sites for hydroxylation is 1. The fraction of sp³-hybridized carbons (Fsp3) is 0.167. The fourth-order valence-corrected chi connectivity index (χ4v) is 2.92. The summed E-state index contributed by atoms with van der Waals surface area (Å²) in [5.41, 5.74) is 3.22. The van der Waals surface area contributed by atoms with E-state index in [0.717, 1.165) is 22.2 Å². The first kappa shape index (κ1) is 17.2. The van der Waals surface area contributed by atoms with Crippen molar-refractivity contribution in [3.63, 3.8) is 0 Å². The quantitative estimate of drug-likeness (QED) is 0.675. The topological polar surface area (TPSA) is 54.1 Å². The van der Waals surface area contributed by atoms with Gasteiger partial charge in [-0.3, -0.25) is 4.79 Å². The smallest absolute Gasteiger partial charge is 0.387 e. The Bertz CT molecular complexity index is 925. The van der Waals surface area contributed by atoms with Crippen molar-refractivity contribution >= 4 is 34.1 Å². The van der Waals surface area contributed by atoms with E-state index in [4.69, 9.17) is 11.6 Å². The maximum atomic E-state index is 12.3. The first-order valence-electron chi connectivity index (χ1n) is 7.54. The minimum Gasteiger partial charge on any atom is -0.433 e. The van der Waals surface area contributed by atoms with Gasteiger partial charge in [0.1, 0.15) is 5.75 Å². The molecule has 0 aliphatic rings. The molecule has 2 N–H and O–H groups in total. The van der Waals surface area contributed by atoms with Crippen LogP contribution in [-0.2, 0) is 11.2 Å². The number of H-pyrrole nitrogens is 1. The van der Waals surface area contributed by atoms with E-state index in [2.05, 4.69) is 15.0 Å². The Morgan fingerprint density at radius 1 is 1.28 bits per heavy atom. The number of rotatable bonds is 5. The van der Waals surface area contributed by atoms with Gasteiger partial charge in [-0.15, -0.1) is 0 Å². The largest absolute Gasteiger partial charge is 0.433 e. The van der Waals surface area contributed by atoms with Crippen LogP contribution in [0, 0.1) is 6.92 Å². The van der Waals surface area contributed by atoms with Crippen molar-refractivity contribution in [2.75, 3.05) is 5.32 Å². The van der Waals surface area contributed by atoms with Gasteiger partial charge in [0.2, 0.25) is 5.91 Å². The number of halogens is 3. The highest BCUT2D eigenvalue weighted by atomic mass is 35.5. The van der Waals surface area contributed by atoms with Crippen LogP contribution in [0.2, 0.25) is 5.02 Å². The minimum atomic E-state index is -2.96. The number of ether oxygens (including phenoxy) is 1. The number of hydrogen-bond acceptors (Lipinski definition) is 2. The van der Waals surface area contributed by atoms with Gasteiger partial charge < -0.3 is 15.0 Å². The van der Waals surface area contributed by atoms with Gasteiger partial charge in [-0.2, -0.15) is 8.78 Å². The molecule has 7 heteroatoms. The Kier molecular flexibility index (Phi) is 4.90. The Balaban J connectivity index is 1.74. The molecule has 0 unspecified atom stereocenters. The molecule has 0 aliphatic carbocycles. The van der Waals surface area contributed by atoms with Crippen molar-refractivity contribution in [2.45, 2.75) is 20.0 Å². The molecule has 1 amide bonds. The van der Waals surface area contributed by atoms with E-state index in [1.165, 1.54) is 18.2 Å². The van der Waals surface area contributed by atoms with Crippen LogP contribution in [0.4, 0.5) is 14.5 Å². The van der Waals surface area contributed by atoms with Crippen LogP contribution in [-0.4, -0.2) is 17.5 Å². The van der Waals surface area contributed by atoms with Crippen molar-refractivity contribution in [3.8, 4) is 5.75 Å². The second-order valence-corrected chi connectivity index (χ2v) is 5.93. The van der Waals surface area contributed by atoms with Gasteiger partial charge in [0.15, 0.2) is 0 Å². The van der Waals surface area contributed by atoms with Gasteiger partial charge in [-0.05, 0) is 36.8 Å². The van der Waals surface area contributed by atoms with E-state index in [1.807, 2.05) is 31.2 Å². The molecule has 130 valence electrons. The van der Waals surface area contributed by atoms with Crippen LogP contribution < -0.4 is 10.1 Å². The molecule has 25 heavy (non-hydrogen) atoms. The number of aromatic amines is 1. The first-order chi connectivity index (χ1) is 11.9. The molecule has 2 aromatic carbocycles. The summed E-state index contributed by atoms with van der Waals surface area (Å²) >= 11 is 5.89. The summed E-state index contributed by atoms with van der Waals surface area (Å²) in [6.07, 6.45) is 0.183. The molecule has 0 bridgehead atoms. The summed E-state index contributed by atoms with van der Waals surface area (Å²) in [6.45, 7) is -1.04. The molecule has 0 fully saturated rings. The lowest BCUT2D eigenvalue weighted by Gasteiger charge is -2.10. The SMILES string of the molecule is Cc1[nH]c2ccccc2c1CC(=O)Nc1ccc(OC(F)F)c(Cl)c1. The molecule has 3 aromatic rings. The summed E-state index contributed by atoms with van der Waals surface area (Å²) in [5, 5.41) is 3.71. The molecule has 0 saturated heterocycles. The zero-order valence-electron chi connectivity index (χ0n) is 13.3. The summed E-state index contributed by atoms with van der Waals surface area (Å²) in [6, 6.07) is 11.9. The van der Waals surface area contributed by atoms with Crippen molar-refractivity contribution in [1.82, 2.24) is 4.98 Å². The van der Waals surface area contributed by atoms with E-state index in [1.54, 1.807) is 0 Å². The maximum absolute atomic E-state index is 12.3. The highest BCUT2D eigenvalue weighted by Gasteiger charge is 2.14. The molecule has 0 atom stereocenters. The average Bonchev–Trinajstić information content (AvgIpc) is 2.86. The molecule has 0 radical (unpaired) electrons. The Morgan fingerprint density at radius 2 is 2.04 bits per heavy atom. The van der Waals surface area contributed by atoms with Gasteiger partial charge in [0.05, 0.1) is 11.4 Å². The monoisotopic (exact) mass is 364 g/mol. The second kappa shape index (κ2) is 7.11. The van der Waals surface area contributed by atoms with Crippen molar-refractivity contribution in [2.24, 2.45) is 0 Å². The van der Waals surface area contributed by atoms with Crippen LogP contribution in [0.15, 0.2) is 42.5 Å². The number of para-hydroxylation sites is 1. The number of nitrogens with one attached hydrogen (secondary N) is 2. The van der Waals surface area contributed by atoms with Gasteiger partial charge in [0.25, 0.3) is 0 Å². The van der Waals surface area contributed by atoms with Crippen LogP contribution in [0.1, 0.15) is 11.3 Å². The maximum Gasteiger partial charge on any atom is 0.387 e. The van der Waals surface area contributed by atoms with Crippen LogP contribution in [0.25, 0.3) is 10.9 Å². The number of fused-ring (bicyclic) bond motifs is 1. The van der Waals surface area contributed by atoms with E-state index in [9.17, 15) is 13.6 Å². The van der Waals surface area contributed by atoms with Crippen LogP contribution in [0.5, 0.6) is 5.75 Å². The van der Waals surface area contributed by atoms with Crippen molar-refractivity contribution in [3.05, 3.63) is 58.7 Å². The lowest BCUT2D eigenvalue weighted by molar-refractivity contribution is -0.115. The van der Waals surface area contributed by atoms with Crippen LogP contribution >= 0.6 is 11.6 Å². The number of amides is 1. The predicted octanol–water partition coefficient (Wildman–Crippen LogP) is 4.91. The van der Waals surface area contributed by atoms with Crippen LogP contribution in [0.3, 0.4) is 0 Å². The lowest BCUT2D eigenvalue weighted by Crippen LogP contribution is -2.15. The normalized spacial score (nSPS) is 11.1. The van der Waals surface area contributed by atoms with E-state index in [-0.39, 0.29) is 23.1 Å². The fourth-order valence-electron chi connectivity index (χ4n) is 2.70. The third-order valence-corrected chi connectivity index (χ3v) is 4.09. The first-order valence-corrected chi connectivity index (χ1v) is 7.92. The summed E-state index contributed by atoms with van der Waals surface area (Å²) in [4.78, 5) is 15.6. The number of hydrogen-bond donors (Lipinski definition) is 2. The lowest BCUT2D eigenvalue weighted by atomic mass is 10.1. The van der Waals surface area contributed by atoms with Crippen molar-refractivity contribution in [1.29, 1.82) is 0 Å². The Hall–Kier alpha value is -2.60. The van der Waals surface area contributed by atoms with Gasteiger partial charge in [0, 0.05) is 22.3 Å². The van der Waals surface area contributed by atoms with Gasteiger partial charge in [-0.1, -0.05) is 29.8 Å². The second-order valence-electron chi connectivity index (χ2n) is 5.52. The summed E-state index contributed by atoms with van der Waals surface area (Å²) < 4.78 is 28.7. The van der Waals surface area contributed by atoms with Gasteiger partial charge >= 0.3 is 6.61 Å². The molecule has 3 rings (SSSR count). The predicted molar refractivity (Wildman–Crippen MR) is 93.5 cm³/mol. The third-order valence-electron chi connectivity index (χ3n) is 3.80. The average molecular weight is 365 g/mol. The number of carbonyl (C=O) groups excluding carboxylic acids is 1. The van der Waals surface area contributed by atoms with E-state index < -0.39 is 6.61 Å². The molecular weight excluding hydrogens is 350 g/mol. The zero-order valence-corrected chi connectivity index (χ0v) is 14.0. The highest BCUT2D eigenvalue weighted by Crippen LogP contribution is 2.29. The molecule has 1 heterocycles. The molecule has 1 aromatic heterocycles. The number of anilines is 1. The number of carbonyl (C=O) groups is 1. The van der Waals surface area contributed by atoms with Gasteiger partial charge in [-0.25, -0.2) is 0 Å². The number of alkyl halides is 2. The van der Waals surface area contributed by atoms with E-state index in [0.29, 0.717) is 5.69 Å². The minimum absolute atomic E-state index is 0.00127. The highest BCUT2D eigenvalue weighted by molar-refractivity contribution is 6.32. The molecule has 4 nitrogen and oxygen atoms in total. The van der Waals surface area contributed by atoms with E-state index >= 15 is 0 Å². The third kappa shape index (κ3) is 3.91.